The highest BCUT2D eigenvalue weighted by Crippen LogP contribution is 1.94. The molecule has 0 spiro atoms. The summed E-state index contributed by atoms with van der Waals surface area (Å²) in [5, 5.41) is 4.05. The van der Waals surface area contributed by atoms with Crippen molar-refractivity contribution < 1.29 is 0 Å². The Labute approximate surface area is 99.0 Å². The Hall–Kier alpha value is -0.830. The molecule has 3 heteroatoms. The fourth-order valence-corrected chi connectivity index (χ4v) is 1.49. The van der Waals surface area contributed by atoms with Gasteiger partial charge in [-0.2, -0.15) is 0 Å². The number of nitrogens with one attached hydrogen (secondary N) is 1. The molecule has 0 amide bonds. The lowest BCUT2D eigenvalue weighted by atomic mass is 10.2. The molecule has 0 aliphatic heterocycles. The van der Waals surface area contributed by atoms with Crippen molar-refractivity contribution in [2.75, 3.05) is 19.6 Å². The molecule has 0 aromatic carbocycles. The van der Waals surface area contributed by atoms with E-state index in [9.17, 15) is 0 Å². The van der Waals surface area contributed by atoms with Crippen LogP contribution in [0.15, 0.2) is 25.3 Å². The van der Waals surface area contributed by atoms with Gasteiger partial charge in [0.15, 0.2) is 5.11 Å². The highest BCUT2D eigenvalue weighted by Gasteiger charge is 2.04. The van der Waals surface area contributed by atoms with E-state index in [0.717, 1.165) is 24.7 Å². The van der Waals surface area contributed by atoms with Crippen molar-refractivity contribution in [3.8, 4) is 0 Å². The zero-order valence-electron chi connectivity index (χ0n) is 9.67. The molecule has 0 aliphatic rings. The molecule has 0 rings (SSSR count). The topological polar surface area (TPSA) is 15.3 Å². The molecule has 0 saturated carbocycles. The van der Waals surface area contributed by atoms with Crippen LogP contribution in [0.5, 0.6) is 0 Å². The summed E-state index contributed by atoms with van der Waals surface area (Å²) in [7, 11) is 0. The van der Waals surface area contributed by atoms with Crippen LogP contribution in [0.1, 0.15) is 26.2 Å². The monoisotopic (exact) mass is 226 g/mol. The van der Waals surface area contributed by atoms with Gasteiger partial charge in [0.1, 0.15) is 0 Å². The van der Waals surface area contributed by atoms with E-state index in [4.69, 9.17) is 12.2 Å². The quantitative estimate of drug-likeness (QED) is 0.389. The Morgan fingerprint density at radius 3 is 2.33 bits per heavy atom. The first-order chi connectivity index (χ1) is 7.26. The maximum absolute atomic E-state index is 5.28. The standard InChI is InChI=1S/C12H22N2S/c1-4-7-8-9-13-12(15)14(10-5-2)11-6-3/h5-6H,2-4,7-11H2,1H3,(H,13,15). The van der Waals surface area contributed by atoms with Gasteiger partial charge in [0.25, 0.3) is 0 Å². The van der Waals surface area contributed by atoms with Crippen LogP contribution in [0.2, 0.25) is 0 Å². The predicted molar refractivity (Wildman–Crippen MR) is 72.1 cm³/mol. The van der Waals surface area contributed by atoms with Crippen LogP contribution < -0.4 is 5.32 Å². The number of nitrogens with zero attached hydrogens (tertiary/aromatic N) is 1. The summed E-state index contributed by atoms with van der Waals surface area (Å²) in [5.74, 6) is 0. The molecule has 1 N–H and O–H groups in total. The normalized spacial score (nSPS) is 9.40. The van der Waals surface area contributed by atoms with Crippen molar-refractivity contribution in [1.82, 2.24) is 10.2 Å². The SMILES string of the molecule is C=CCN(CC=C)C(=S)NCCCCC. The molecule has 2 nitrogen and oxygen atoms in total. The third-order valence-electron chi connectivity index (χ3n) is 2.04. The lowest BCUT2D eigenvalue weighted by Gasteiger charge is -2.22. The smallest absolute Gasteiger partial charge is 0.169 e. The molecular formula is C12H22N2S. The van der Waals surface area contributed by atoms with E-state index >= 15 is 0 Å². The van der Waals surface area contributed by atoms with E-state index in [1.54, 1.807) is 0 Å². The van der Waals surface area contributed by atoms with Gasteiger partial charge in [-0.3, -0.25) is 0 Å². The van der Waals surface area contributed by atoms with Gasteiger partial charge >= 0.3 is 0 Å². The van der Waals surface area contributed by atoms with Crippen molar-refractivity contribution >= 4 is 17.3 Å². The number of hydrogen-bond acceptors (Lipinski definition) is 1. The second kappa shape index (κ2) is 9.71. The minimum atomic E-state index is 0.769. The molecule has 0 atom stereocenters. The number of rotatable bonds is 8. The van der Waals surface area contributed by atoms with Gasteiger partial charge in [-0.15, -0.1) is 13.2 Å². The summed E-state index contributed by atoms with van der Waals surface area (Å²) < 4.78 is 0. The lowest BCUT2D eigenvalue weighted by molar-refractivity contribution is 0.498. The summed E-state index contributed by atoms with van der Waals surface area (Å²) in [5.41, 5.74) is 0. The molecule has 0 unspecified atom stereocenters. The molecule has 0 aliphatic carbocycles. The lowest BCUT2D eigenvalue weighted by Crippen LogP contribution is -2.40. The number of thiocarbonyl (C=S) groups is 1. The minimum absolute atomic E-state index is 0.769. The second-order valence-corrected chi connectivity index (χ2v) is 3.81. The molecular weight excluding hydrogens is 204 g/mol. The van der Waals surface area contributed by atoms with Gasteiger partial charge in [-0.25, -0.2) is 0 Å². The van der Waals surface area contributed by atoms with E-state index in [0.29, 0.717) is 0 Å². The molecule has 0 saturated heterocycles. The van der Waals surface area contributed by atoms with Crippen LogP contribution in [-0.2, 0) is 0 Å². The van der Waals surface area contributed by atoms with Crippen LogP contribution in [-0.4, -0.2) is 29.6 Å². The Bertz CT molecular complexity index is 192. The summed E-state index contributed by atoms with van der Waals surface area (Å²) in [4.78, 5) is 2.04. The Balaban J connectivity index is 3.80. The summed E-state index contributed by atoms with van der Waals surface area (Å²) >= 11 is 5.28. The largest absolute Gasteiger partial charge is 0.363 e. The van der Waals surface area contributed by atoms with Crippen LogP contribution in [0.4, 0.5) is 0 Å². The zero-order valence-corrected chi connectivity index (χ0v) is 10.5. The van der Waals surface area contributed by atoms with Gasteiger partial charge in [0, 0.05) is 19.6 Å². The van der Waals surface area contributed by atoms with Gasteiger partial charge in [-0.1, -0.05) is 31.9 Å². The van der Waals surface area contributed by atoms with Crippen molar-refractivity contribution in [1.29, 1.82) is 0 Å². The third kappa shape index (κ3) is 7.14. The first-order valence-corrected chi connectivity index (χ1v) is 5.91. The van der Waals surface area contributed by atoms with Crippen LogP contribution in [0.25, 0.3) is 0 Å². The Kier molecular flexibility index (Phi) is 9.18. The molecule has 0 bridgehead atoms. The maximum Gasteiger partial charge on any atom is 0.169 e. The fraction of sp³-hybridized carbons (Fsp3) is 0.583. The fourth-order valence-electron chi connectivity index (χ4n) is 1.23. The van der Waals surface area contributed by atoms with Crippen LogP contribution in [0, 0.1) is 0 Å². The van der Waals surface area contributed by atoms with Gasteiger partial charge in [0.05, 0.1) is 0 Å². The van der Waals surface area contributed by atoms with E-state index in [-0.39, 0.29) is 0 Å². The minimum Gasteiger partial charge on any atom is -0.363 e. The molecule has 86 valence electrons. The molecule has 0 radical (unpaired) electrons. The van der Waals surface area contributed by atoms with Crippen molar-refractivity contribution in [3.05, 3.63) is 25.3 Å². The molecule has 0 aromatic rings. The summed E-state index contributed by atoms with van der Waals surface area (Å²) in [6, 6.07) is 0. The highest BCUT2D eigenvalue weighted by atomic mass is 32.1. The summed E-state index contributed by atoms with van der Waals surface area (Å²) in [6.45, 7) is 12.1. The Morgan fingerprint density at radius 1 is 1.27 bits per heavy atom. The zero-order chi connectivity index (χ0) is 11.5. The summed E-state index contributed by atoms with van der Waals surface area (Å²) in [6.07, 6.45) is 7.36. The van der Waals surface area contributed by atoms with Crippen molar-refractivity contribution in [2.45, 2.75) is 26.2 Å². The molecule has 15 heavy (non-hydrogen) atoms. The van der Waals surface area contributed by atoms with Crippen molar-refractivity contribution in [3.63, 3.8) is 0 Å². The molecule has 0 heterocycles. The average molecular weight is 226 g/mol. The van der Waals surface area contributed by atoms with Gasteiger partial charge in [0.2, 0.25) is 0 Å². The first kappa shape index (κ1) is 14.2. The van der Waals surface area contributed by atoms with Gasteiger partial charge in [-0.05, 0) is 18.6 Å². The van der Waals surface area contributed by atoms with Crippen molar-refractivity contribution in [2.24, 2.45) is 0 Å². The van der Waals surface area contributed by atoms with Crippen LogP contribution >= 0.6 is 12.2 Å². The van der Waals surface area contributed by atoms with E-state index in [1.165, 1.54) is 19.3 Å². The van der Waals surface area contributed by atoms with Gasteiger partial charge < -0.3 is 10.2 Å². The maximum atomic E-state index is 5.28. The molecule has 0 aromatic heterocycles. The van der Waals surface area contributed by atoms with E-state index in [2.05, 4.69) is 25.4 Å². The predicted octanol–water partition coefficient (Wildman–Crippen LogP) is 2.73. The first-order valence-electron chi connectivity index (χ1n) is 5.50. The highest BCUT2D eigenvalue weighted by molar-refractivity contribution is 7.80. The van der Waals surface area contributed by atoms with E-state index < -0.39 is 0 Å². The molecule has 0 fully saturated rings. The van der Waals surface area contributed by atoms with Crippen LogP contribution in [0.3, 0.4) is 0 Å². The average Bonchev–Trinajstić information content (AvgIpc) is 2.24. The number of unbranched alkanes of at least 4 members (excludes halogenated alkanes) is 2. The van der Waals surface area contributed by atoms with E-state index in [1.807, 2.05) is 17.1 Å². The number of hydrogen-bond donors (Lipinski definition) is 1. The third-order valence-corrected chi connectivity index (χ3v) is 2.45. The second-order valence-electron chi connectivity index (χ2n) is 3.42. The Morgan fingerprint density at radius 2 is 1.87 bits per heavy atom.